The summed E-state index contributed by atoms with van der Waals surface area (Å²) < 4.78 is 0. The zero-order chi connectivity index (χ0) is 12.3. The lowest BCUT2D eigenvalue weighted by Gasteiger charge is -2.23. The normalized spacial score (nSPS) is 11.2. The summed E-state index contributed by atoms with van der Waals surface area (Å²) in [6.07, 6.45) is -0.127. The Morgan fingerprint density at radius 2 is 2.19 bits per heavy atom. The van der Waals surface area contributed by atoms with Crippen molar-refractivity contribution in [3.8, 4) is 0 Å². The molecular weight excluding hydrogens is 250 g/mol. The van der Waals surface area contributed by atoms with Crippen molar-refractivity contribution >= 4 is 34.8 Å². The number of thiophene rings is 1. The molecule has 0 saturated carbocycles. The molecule has 1 amide bonds. The summed E-state index contributed by atoms with van der Waals surface area (Å²) in [5.41, 5.74) is -0.778. The van der Waals surface area contributed by atoms with E-state index in [2.05, 4.69) is 5.32 Å². The minimum atomic E-state index is -0.950. The second-order valence-electron chi connectivity index (χ2n) is 4.04. The summed E-state index contributed by atoms with van der Waals surface area (Å²) in [6, 6.07) is 1.55. The van der Waals surface area contributed by atoms with Gasteiger partial charge in [-0.15, -0.1) is 11.3 Å². The standard InChI is InChI=1S/C10H12ClNO3S/c1-10(2,4-8(13)14)12-9(15)7-3-6(11)5-16-7/h3,5H,4H2,1-2H3,(H,12,15)(H,13,14). The highest BCUT2D eigenvalue weighted by Gasteiger charge is 2.24. The molecule has 0 radical (unpaired) electrons. The van der Waals surface area contributed by atoms with Crippen LogP contribution in [0.25, 0.3) is 0 Å². The first-order chi connectivity index (χ1) is 7.30. The maximum Gasteiger partial charge on any atom is 0.305 e. The second kappa shape index (κ2) is 4.84. The third kappa shape index (κ3) is 3.83. The predicted octanol–water partition coefficient (Wildman–Crippen LogP) is 2.38. The van der Waals surface area contributed by atoms with Gasteiger partial charge in [-0.25, -0.2) is 0 Å². The summed E-state index contributed by atoms with van der Waals surface area (Å²) in [5.74, 6) is -1.25. The Morgan fingerprint density at radius 3 is 2.62 bits per heavy atom. The first kappa shape index (κ1) is 13.0. The predicted molar refractivity (Wildman–Crippen MR) is 63.1 cm³/mol. The van der Waals surface area contributed by atoms with Crippen LogP contribution in [-0.4, -0.2) is 22.5 Å². The number of amides is 1. The summed E-state index contributed by atoms with van der Waals surface area (Å²) in [6.45, 7) is 3.32. The van der Waals surface area contributed by atoms with E-state index in [4.69, 9.17) is 16.7 Å². The topological polar surface area (TPSA) is 66.4 Å². The smallest absolute Gasteiger partial charge is 0.305 e. The van der Waals surface area contributed by atoms with Gasteiger partial charge < -0.3 is 10.4 Å². The minimum Gasteiger partial charge on any atom is -0.481 e. The van der Waals surface area contributed by atoms with Crippen molar-refractivity contribution in [2.24, 2.45) is 0 Å². The molecule has 0 spiro atoms. The third-order valence-electron chi connectivity index (χ3n) is 1.84. The van der Waals surface area contributed by atoms with Gasteiger partial charge in [0.2, 0.25) is 0 Å². The lowest BCUT2D eigenvalue weighted by atomic mass is 10.0. The summed E-state index contributed by atoms with van der Waals surface area (Å²) in [7, 11) is 0. The molecular formula is C10H12ClNO3S. The molecule has 0 saturated heterocycles. The van der Waals surface area contributed by atoms with Gasteiger partial charge in [0.05, 0.1) is 16.3 Å². The highest BCUT2D eigenvalue weighted by molar-refractivity contribution is 7.12. The van der Waals surface area contributed by atoms with E-state index in [1.165, 1.54) is 11.3 Å². The SMILES string of the molecule is CC(C)(CC(=O)O)NC(=O)c1cc(Cl)cs1. The molecule has 0 bridgehead atoms. The van der Waals surface area contributed by atoms with Gasteiger partial charge in [0.25, 0.3) is 5.91 Å². The maximum absolute atomic E-state index is 11.7. The maximum atomic E-state index is 11.7. The number of carboxylic acids is 1. The van der Waals surface area contributed by atoms with Gasteiger partial charge >= 0.3 is 5.97 Å². The van der Waals surface area contributed by atoms with E-state index in [1.807, 2.05) is 0 Å². The fourth-order valence-electron chi connectivity index (χ4n) is 1.22. The van der Waals surface area contributed by atoms with Crippen molar-refractivity contribution in [2.45, 2.75) is 25.8 Å². The quantitative estimate of drug-likeness (QED) is 0.875. The van der Waals surface area contributed by atoms with Gasteiger partial charge in [-0.1, -0.05) is 11.6 Å². The van der Waals surface area contributed by atoms with Crippen molar-refractivity contribution in [2.75, 3.05) is 0 Å². The van der Waals surface area contributed by atoms with E-state index >= 15 is 0 Å². The largest absolute Gasteiger partial charge is 0.481 e. The number of halogens is 1. The Kier molecular flexibility index (Phi) is 3.93. The van der Waals surface area contributed by atoms with E-state index in [9.17, 15) is 9.59 Å². The van der Waals surface area contributed by atoms with Crippen LogP contribution in [0.2, 0.25) is 5.02 Å². The minimum absolute atomic E-state index is 0.127. The molecule has 2 N–H and O–H groups in total. The molecule has 6 heteroatoms. The molecule has 0 aliphatic heterocycles. The molecule has 0 atom stereocenters. The fourth-order valence-corrected chi connectivity index (χ4v) is 2.19. The monoisotopic (exact) mass is 261 g/mol. The zero-order valence-corrected chi connectivity index (χ0v) is 10.5. The summed E-state index contributed by atoms with van der Waals surface area (Å²) in [4.78, 5) is 22.7. The van der Waals surface area contributed by atoms with Crippen molar-refractivity contribution in [3.05, 3.63) is 21.3 Å². The highest BCUT2D eigenvalue weighted by Crippen LogP contribution is 2.20. The van der Waals surface area contributed by atoms with Crippen LogP contribution >= 0.6 is 22.9 Å². The van der Waals surface area contributed by atoms with Crippen LogP contribution in [0.4, 0.5) is 0 Å². The fraction of sp³-hybridized carbons (Fsp3) is 0.400. The first-order valence-corrected chi connectivity index (χ1v) is 5.84. The van der Waals surface area contributed by atoms with Gasteiger partial charge in [0.15, 0.2) is 0 Å². The van der Waals surface area contributed by atoms with E-state index < -0.39 is 11.5 Å². The van der Waals surface area contributed by atoms with Crippen LogP contribution in [0.3, 0.4) is 0 Å². The molecule has 1 aromatic heterocycles. The molecule has 88 valence electrons. The van der Waals surface area contributed by atoms with Crippen LogP contribution in [0.5, 0.6) is 0 Å². The van der Waals surface area contributed by atoms with E-state index in [-0.39, 0.29) is 12.3 Å². The zero-order valence-electron chi connectivity index (χ0n) is 8.91. The van der Waals surface area contributed by atoms with Gasteiger partial charge in [-0.3, -0.25) is 9.59 Å². The Balaban J connectivity index is 2.67. The molecule has 1 heterocycles. The number of carboxylic acid groups (broad SMARTS) is 1. The van der Waals surface area contributed by atoms with Crippen LogP contribution in [-0.2, 0) is 4.79 Å². The Bertz CT molecular complexity index is 414. The molecule has 4 nitrogen and oxygen atoms in total. The number of carbonyl (C=O) groups is 2. The molecule has 0 unspecified atom stereocenters. The van der Waals surface area contributed by atoms with E-state index in [0.29, 0.717) is 9.90 Å². The van der Waals surface area contributed by atoms with Crippen molar-refractivity contribution in [1.82, 2.24) is 5.32 Å². The van der Waals surface area contributed by atoms with Crippen LogP contribution < -0.4 is 5.32 Å². The number of rotatable bonds is 4. The van der Waals surface area contributed by atoms with E-state index in [1.54, 1.807) is 25.3 Å². The average Bonchev–Trinajstić information content (AvgIpc) is 2.47. The first-order valence-electron chi connectivity index (χ1n) is 4.58. The molecule has 0 aliphatic carbocycles. The van der Waals surface area contributed by atoms with Gasteiger partial charge in [-0.05, 0) is 19.9 Å². The molecule has 1 rings (SSSR count). The molecule has 1 aromatic rings. The highest BCUT2D eigenvalue weighted by atomic mass is 35.5. The van der Waals surface area contributed by atoms with Gasteiger partial charge in [0.1, 0.15) is 0 Å². The third-order valence-corrected chi connectivity index (χ3v) is 3.11. The number of carbonyl (C=O) groups excluding carboxylic acids is 1. The number of nitrogens with one attached hydrogen (secondary N) is 1. The molecule has 16 heavy (non-hydrogen) atoms. The summed E-state index contributed by atoms with van der Waals surface area (Å²) >= 11 is 6.92. The number of hydrogen-bond acceptors (Lipinski definition) is 3. The van der Waals surface area contributed by atoms with Gasteiger partial charge in [-0.2, -0.15) is 0 Å². The second-order valence-corrected chi connectivity index (χ2v) is 5.39. The number of hydrogen-bond donors (Lipinski definition) is 2. The van der Waals surface area contributed by atoms with Crippen molar-refractivity contribution in [1.29, 1.82) is 0 Å². The molecule has 0 aliphatic rings. The van der Waals surface area contributed by atoms with Crippen LogP contribution in [0, 0.1) is 0 Å². The Morgan fingerprint density at radius 1 is 1.56 bits per heavy atom. The number of aliphatic carboxylic acids is 1. The van der Waals surface area contributed by atoms with E-state index in [0.717, 1.165) is 0 Å². The Hall–Kier alpha value is -1.07. The van der Waals surface area contributed by atoms with Crippen LogP contribution in [0.15, 0.2) is 11.4 Å². The van der Waals surface area contributed by atoms with Crippen molar-refractivity contribution in [3.63, 3.8) is 0 Å². The average molecular weight is 262 g/mol. The van der Waals surface area contributed by atoms with Crippen molar-refractivity contribution < 1.29 is 14.7 Å². The van der Waals surface area contributed by atoms with Crippen LogP contribution in [0.1, 0.15) is 29.9 Å². The molecule has 0 fully saturated rings. The lowest BCUT2D eigenvalue weighted by molar-refractivity contribution is -0.138. The lowest BCUT2D eigenvalue weighted by Crippen LogP contribution is -2.44. The Labute approximate surface area is 102 Å². The summed E-state index contributed by atoms with van der Waals surface area (Å²) in [5, 5.41) is 13.5. The van der Waals surface area contributed by atoms with Gasteiger partial charge in [0, 0.05) is 10.9 Å². The molecule has 0 aromatic carbocycles.